The number of carbonyl (C=O) groups excluding carboxylic acids is 2. The van der Waals surface area contributed by atoms with Crippen molar-refractivity contribution in [2.75, 3.05) is 20.1 Å². The van der Waals surface area contributed by atoms with Crippen LogP contribution in [-0.4, -0.2) is 60.2 Å². The first-order valence-electron chi connectivity index (χ1n) is 6.87. The molecule has 2 aliphatic rings. The van der Waals surface area contributed by atoms with Crippen LogP contribution in [0, 0.1) is 0 Å². The summed E-state index contributed by atoms with van der Waals surface area (Å²) in [5.74, 6) is -0.295. The fourth-order valence-corrected chi connectivity index (χ4v) is 4.26. The number of hydrogen-bond donors (Lipinski definition) is 1. The minimum atomic E-state index is -3.62. The van der Waals surface area contributed by atoms with Crippen LogP contribution in [0.2, 0.25) is 0 Å². The number of nitrogens with zero attached hydrogens (tertiary/aromatic N) is 3. The Morgan fingerprint density at radius 1 is 1.27 bits per heavy atom. The van der Waals surface area contributed by atoms with Crippen LogP contribution in [0.4, 0.5) is 4.79 Å². The van der Waals surface area contributed by atoms with E-state index in [-0.39, 0.29) is 36.7 Å². The highest BCUT2D eigenvalue weighted by Gasteiger charge is 2.52. The fourth-order valence-electron chi connectivity index (χ4n) is 2.85. The molecule has 0 unspecified atom stereocenters. The number of piperidine rings is 1. The number of likely N-dealkylation sites (N-methyl/N-ethyl adjacent to an activating group) is 1. The molecule has 9 heteroatoms. The Morgan fingerprint density at radius 3 is 2.45 bits per heavy atom. The highest BCUT2D eigenvalue weighted by Crippen LogP contribution is 2.31. The second kappa shape index (κ2) is 5.03. The van der Waals surface area contributed by atoms with Crippen molar-refractivity contribution in [1.82, 2.24) is 19.5 Å². The van der Waals surface area contributed by atoms with Gasteiger partial charge in [-0.25, -0.2) is 13.2 Å². The number of hydrogen-bond acceptors (Lipinski definition) is 5. The summed E-state index contributed by atoms with van der Waals surface area (Å²) in [5.41, 5.74) is -0.965. The lowest BCUT2D eigenvalue weighted by atomic mass is 9.88. The fraction of sp³-hybridized carbons (Fsp3) is 0.462. The standard InChI is InChI=1S/C13H16N4O4S/c1-16-11(18)13(15-12(16)19)4-7-17(8-5-13)22(20,21)10-3-2-6-14-9-10/h2-3,6,9H,4-5,7-8H2,1H3,(H,15,19). The van der Waals surface area contributed by atoms with Crippen LogP contribution in [-0.2, 0) is 14.8 Å². The molecule has 3 rings (SSSR count). The van der Waals surface area contributed by atoms with E-state index < -0.39 is 21.6 Å². The maximum absolute atomic E-state index is 12.5. The maximum atomic E-state index is 12.5. The average molecular weight is 324 g/mol. The second-order valence-electron chi connectivity index (χ2n) is 5.47. The first kappa shape index (κ1) is 14.9. The van der Waals surface area contributed by atoms with Crippen molar-refractivity contribution in [3.63, 3.8) is 0 Å². The summed E-state index contributed by atoms with van der Waals surface area (Å²) < 4.78 is 26.3. The smallest absolute Gasteiger partial charge is 0.323 e. The van der Waals surface area contributed by atoms with Crippen LogP contribution in [0.5, 0.6) is 0 Å². The van der Waals surface area contributed by atoms with Crippen LogP contribution in [0.25, 0.3) is 0 Å². The summed E-state index contributed by atoms with van der Waals surface area (Å²) in [6.45, 7) is 0.355. The Kier molecular flexibility index (Phi) is 3.41. The van der Waals surface area contributed by atoms with Gasteiger partial charge in [0.05, 0.1) is 0 Å². The number of aromatic nitrogens is 1. The third-order valence-corrected chi connectivity index (χ3v) is 6.10. The first-order chi connectivity index (χ1) is 10.4. The molecule has 22 heavy (non-hydrogen) atoms. The van der Waals surface area contributed by atoms with Crippen molar-refractivity contribution in [3.05, 3.63) is 24.5 Å². The molecule has 0 aromatic carbocycles. The lowest BCUT2D eigenvalue weighted by molar-refractivity contribution is -0.131. The van der Waals surface area contributed by atoms with Crippen molar-refractivity contribution in [1.29, 1.82) is 0 Å². The molecule has 8 nitrogen and oxygen atoms in total. The lowest BCUT2D eigenvalue weighted by Crippen LogP contribution is -2.55. The third kappa shape index (κ3) is 2.17. The quantitative estimate of drug-likeness (QED) is 0.759. The van der Waals surface area contributed by atoms with Gasteiger partial charge in [-0.3, -0.25) is 14.7 Å². The van der Waals surface area contributed by atoms with Crippen molar-refractivity contribution in [2.24, 2.45) is 0 Å². The third-order valence-electron chi connectivity index (χ3n) is 4.21. The Morgan fingerprint density at radius 2 is 1.95 bits per heavy atom. The van der Waals surface area contributed by atoms with Gasteiger partial charge in [-0.1, -0.05) is 0 Å². The summed E-state index contributed by atoms with van der Waals surface area (Å²) in [7, 11) is -2.20. The van der Waals surface area contributed by atoms with Gasteiger partial charge in [0.1, 0.15) is 10.4 Å². The number of sulfonamides is 1. The Labute approximate surface area is 128 Å². The summed E-state index contributed by atoms with van der Waals surface area (Å²) in [6.07, 6.45) is 3.34. The number of urea groups is 1. The topological polar surface area (TPSA) is 99.7 Å². The molecule has 2 saturated heterocycles. The lowest BCUT2D eigenvalue weighted by Gasteiger charge is -2.36. The van der Waals surface area contributed by atoms with Gasteiger partial charge in [0.15, 0.2) is 0 Å². The zero-order valence-corrected chi connectivity index (χ0v) is 12.8. The Balaban J connectivity index is 1.78. The van der Waals surface area contributed by atoms with E-state index in [4.69, 9.17) is 0 Å². The molecule has 1 N–H and O–H groups in total. The van der Waals surface area contributed by atoms with Gasteiger partial charge < -0.3 is 5.32 Å². The maximum Gasteiger partial charge on any atom is 0.324 e. The molecule has 118 valence electrons. The van der Waals surface area contributed by atoms with Crippen LogP contribution in [0.3, 0.4) is 0 Å². The van der Waals surface area contributed by atoms with Crippen molar-refractivity contribution in [2.45, 2.75) is 23.3 Å². The van der Waals surface area contributed by atoms with Crippen molar-refractivity contribution in [3.8, 4) is 0 Å². The molecule has 0 saturated carbocycles. The molecular formula is C13H16N4O4S. The minimum Gasteiger partial charge on any atom is -0.323 e. The molecule has 0 bridgehead atoms. The molecule has 0 radical (unpaired) electrons. The monoisotopic (exact) mass is 324 g/mol. The van der Waals surface area contributed by atoms with Gasteiger partial charge in [0.2, 0.25) is 10.0 Å². The molecule has 1 aromatic heterocycles. The van der Waals surface area contributed by atoms with E-state index in [1.807, 2.05) is 0 Å². The molecule has 2 fully saturated rings. The summed E-state index contributed by atoms with van der Waals surface area (Å²) >= 11 is 0. The molecule has 1 aromatic rings. The summed E-state index contributed by atoms with van der Waals surface area (Å²) in [6, 6.07) is 2.62. The molecule has 3 amide bonds. The Bertz CT molecular complexity index is 711. The van der Waals surface area contributed by atoms with Gasteiger partial charge in [-0.15, -0.1) is 0 Å². The number of carbonyl (C=O) groups is 2. The zero-order chi connectivity index (χ0) is 16.0. The van der Waals surface area contributed by atoms with Gasteiger partial charge in [0.25, 0.3) is 5.91 Å². The van der Waals surface area contributed by atoms with E-state index in [1.54, 1.807) is 6.07 Å². The van der Waals surface area contributed by atoms with Gasteiger partial charge in [-0.05, 0) is 25.0 Å². The first-order valence-corrected chi connectivity index (χ1v) is 8.31. The molecule has 0 atom stereocenters. The predicted molar refractivity (Wildman–Crippen MR) is 76.3 cm³/mol. The van der Waals surface area contributed by atoms with Gasteiger partial charge in [-0.2, -0.15) is 4.31 Å². The summed E-state index contributed by atoms with van der Waals surface area (Å²) in [4.78, 5) is 28.8. The molecule has 2 aliphatic heterocycles. The SMILES string of the molecule is CN1C(=O)NC2(CCN(S(=O)(=O)c3cccnc3)CC2)C1=O. The highest BCUT2D eigenvalue weighted by molar-refractivity contribution is 7.89. The van der Waals surface area contributed by atoms with Crippen LogP contribution in [0.1, 0.15) is 12.8 Å². The number of pyridine rings is 1. The normalized spacial score (nSPS) is 22.1. The predicted octanol–water partition coefficient (Wildman–Crippen LogP) is -0.214. The minimum absolute atomic E-state index is 0.129. The van der Waals surface area contributed by atoms with E-state index in [1.165, 1.54) is 29.8 Å². The largest absolute Gasteiger partial charge is 0.324 e. The van der Waals surface area contributed by atoms with Gasteiger partial charge in [0, 0.05) is 32.5 Å². The number of rotatable bonds is 2. The molecule has 1 spiro atoms. The number of imide groups is 1. The highest BCUT2D eigenvalue weighted by atomic mass is 32.2. The van der Waals surface area contributed by atoms with E-state index in [9.17, 15) is 18.0 Å². The summed E-state index contributed by atoms with van der Waals surface area (Å²) in [5, 5.41) is 2.68. The molecular weight excluding hydrogens is 308 g/mol. The van der Waals surface area contributed by atoms with Crippen LogP contribution in [0.15, 0.2) is 29.4 Å². The zero-order valence-electron chi connectivity index (χ0n) is 12.0. The molecule has 3 heterocycles. The second-order valence-corrected chi connectivity index (χ2v) is 7.41. The van der Waals surface area contributed by atoms with E-state index in [0.29, 0.717) is 0 Å². The Hall–Kier alpha value is -2.00. The van der Waals surface area contributed by atoms with Crippen molar-refractivity contribution >= 4 is 22.0 Å². The van der Waals surface area contributed by atoms with E-state index in [0.717, 1.165) is 4.90 Å². The number of nitrogens with one attached hydrogen (secondary N) is 1. The number of amides is 3. The van der Waals surface area contributed by atoms with E-state index >= 15 is 0 Å². The van der Waals surface area contributed by atoms with Crippen molar-refractivity contribution < 1.29 is 18.0 Å². The van der Waals surface area contributed by atoms with Gasteiger partial charge >= 0.3 is 6.03 Å². The van der Waals surface area contributed by atoms with Crippen LogP contribution >= 0.6 is 0 Å². The van der Waals surface area contributed by atoms with Crippen LogP contribution < -0.4 is 5.32 Å². The van der Waals surface area contributed by atoms with E-state index in [2.05, 4.69) is 10.3 Å². The average Bonchev–Trinajstić information content (AvgIpc) is 2.73. The molecule has 0 aliphatic carbocycles.